The summed E-state index contributed by atoms with van der Waals surface area (Å²) in [4.78, 5) is 32.2. The molecule has 0 aliphatic carbocycles. The van der Waals surface area contributed by atoms with Crippen LogP contribution in [-0.4, -0.2) is 40.7 Å². The van der Waals surface area contributed by atoms with E-state index in [2.05, 4.69) is 15.4 Å². The number of hydrazine groups is 1. The van der Waals surface area contributed by atoms with Gasteiger partial charge in [0.2, 0.25) is 0 Å². The van der Waals surface area contributed by atoms with Gasteiger partial charge in [-0.15, -0.1) is 0 Å². The molecule has 0 unspecified atom stereocenters. The molecule has 1 aromatic rings. The van der Waals surface area contributed by atoms with Crippen LogP contribution >= 0.6 is 0 Å². The summed E-state index contributed by atoms with van der Waals surface area (Å²) < 4.78 is 10.2. The van der Waals surface area contributed by atoms with Crippen LogP contribution in [0.5, 0.6) is 0 Å². The molecular weight excluding hydrogens is 324 g/mol. The quantitative estimate of drug-likeness (QED) is 0.378. The van der Waals surface area contributed by atoms with Crippen molar-refractivity contribution in [1.29, 1.82) is 0 Å². The van der Waals surface area contributed by atoms with E-state index in [-0.39, 0.29) is 6.61 Å². The zero-order valence-electron chi connectivity index (χ0n) is 15.4. The fourth-order valence-corrected chi connectivity index (χ4v) is 1.55. The van der Waals surface area contributed by atoms with E-state index in [1.54, 1.807) is 33.0 Å². The lowest BCUT2D eigenvalue weighted by atomic mass is 10.2. The third-order valence-electron chi connectivity index (χ3n) is 2.73. The van der Waals surface area contributed by atoms with Gasteiger partial charge in [0.05, 0.1) is 6.61 Å². The Labute approximate surface area is 148 Å². The fourth-order valence-electron chi connectivity index (χ4n) is 1.55. The number of aliphatic imine (C=N–C) groups is 1. The van der Waals surface area contributed by atoms with Crippen LogP contribution in [0, 0.1) is 6.92 Å². The molecule has 1 aromatic heterocycles. The van der Waals surface area contributed by atoms with Gasteiger partial charge in [-0.1, -0.05) is 19.4 Å². The number of carbonyl (C=O) groups is 2. The van der Waals surface area contributed by atoms with Crippen LogP contribution < -0.4 is 5.43 Å². The fraction of sp³-hybridized carbons (Fsp3) is 0.529. The van der Waals surface area contributed by atoms with Gasteiger partial charge in [-0.25, -0.2) is 25.0 Å². The van der Waals surface area contributed by atoms with Crippen molar-refractivity contribution in [3.8, 4) is 0 Å². The number of carbonyl (C=O) groups excluding carboxylic acids is 2. The molecule has 138 valence electrons. The number of pyridine rings is 1. The SMILES string of the molecule is CCCCOC(=O)N(C=Nc1ccc(C)cn1)NC(=O)OC(C)(C)C. The number of ether oxygens (including phenoxy) is 2. The first-order chi connectivity index (χ1) is 11.7. The lowest BCUT2D eigenvalue weighted by Crippen LogP contribution is -2.47. The number of aromatic nitrogens is 1. The van der Waals surface area contributed by atoms with Gasteiger partial charge in [-0.2, -0.15) is 5.01 Å². The van der Waals surface area contributed by atoms with Gasteiger partial charge in [-0.05, 0) is 45.7 Å². The molecular formula is C17H26N4O4. The first-order valence-electron chi connectivity index (χ1n) is 8.13. The molecule has 0 bridgehead atoms. The van der Waals surface area contributed by atoms with Crippen molar-refractivity contribution >= 4 is 24.3 Å². The number of nitrogens with one attached hydrogen (secondary N) is 1. The first kappa shape index (κ1) is 20.4. The number of hydrogen-bond donors (Lipinski definition) is 1. The minimum absolute atomic E-state index is 0.248. The number of rotatable bonds is 5. The molecule has 1 rings (SSSR count). The highest BCUT2D eigenvalue weighted by Gasteiger charge is 2.21. The van der Waals surface area contributed by atoms with Crippen LogP contribution in [0.1, 0.15) is 46.1 Å². The lowest BCUT2D eigenvalue weighted by molar-refractivity contribution is 0.0389. The van der Waals surface area contributed by atoms with Crippen molar-refractivity contribution in [1.82, 2.24) is 15.4 Å². The summed E-state index contributed by atoms with van der Waals surface area (Å²) in [5.74, 6) is 0.392. The van der Waals surface area contributed by atoms with Crippen LogP contribution in [0.15, 0.2) is 23.3 Å². The summed E-state index contributed by atoms with van der Waals surface area (Å²) in [5.41, 5.74) is 2.59. The Hall–Kier alpha value is -2.64. The Morgan fingerprint density at radius 3 is 2.64 bits per heavy atom. The maximum Gasteiger partial charge on any atom is 0.434 e. The molecule has 0 aliphatic rings. The summed E-state index contributed by atoms with van der Waals surface area (Å²) in [6, 6.07) is 3.53. The highest BCUT2D eigenvalue weighted by Crippen LogP contribution is 2.09. The second-order valence-electron chi connectivity index (χ2n) is 6.39. The Morgan fingerprint density at radius 2 is 2.08 bits per heavy atom. The summed E-state index contributed by atoms with van der Waals surface area (Å²) in [5, 5.41) is 0.839. The minimum Gasteiger partial charge on any atom is -0.448 e. The third kappa shape index (κ3) is 8.69. The molecule has 0 spiro atoms. The van der Waals surface area contributed by atoms with Crippen molar-refractivity contribution in [2.24, 2.45) is 4.99 Å². The second kappa shape index (κ2) is 9.61. The summed E-state index contributed by atoms with van der Waals surface area (Å²) >= 11 is 0. The predicted octanol–water partition coefficient (Wildman–Crippen LogP) is 3.73. The number of unbranched alkanes of at least 4 members (excludes halogenated alkanes) is 1. The van der Waals surface area contributed by atoms with Gasteiger partial charge in [0.15, 0.2) is 5.82 Å². The van der Waals surface area contributed by atoms with Crippen LogP contribution in [0.25, 0.3) is 0 Å². The molecule has 8 nitrogen and oxygen atoms in total. The van der Waals surface area contributed by atoms with Crippen molar-refractivity contribution in [2.45, 2.75) is 53.1 Å². The van der Waals surface area contributed by atoms with E-state index in [4.69, 9.17) is 9.47 Å². The van der Waals surface area contributed by atoms with Gasteiger partial charge < -0.3 is 9.47 Å². The van der Waals surface area contributed by atoms with Crippen molar-refractivity contribution in [3.63, 3.8) is 0 Å². The molecule has 0 radical (unpaired) electrons. The van der Waals surface area contributed by atoms with E-state index in [9.17, 15) is 9.59 Å². The largest absolute Gasteiger partial charge is 0.448 e. The zero-order valence-corrected chi connectivity index (χ0v) is 15.4. The maximum absolute atomic E-state index is 12.1. The molecule has 2 amide bonds. The summed E-state index contributed by atoms with van der Waals surface area (Å²) in [6.07, 6.45) is 2.85. The van der Waals surface area contributed by atoms with Gasteiger partial charge in [0.1, 0.15) is 11.9 Å². The van der Waals surface area contributed by atoms with Crippen molar-refractivity contribution in [3.05, 3.63) is 23.9 Å². The van der Waals surface area contributed by atoms with E-state index in [0.717, 1.165) is 29.8 Å². The standard InChI is InChI=1S/C17H26N4O4/c1-6-7-10-24-16(23)21(20-15(22)25-17(3,4)5)12-19-14-9-8-13(2)11-18-14/h8-9,11-12H,6-7,10H2,1-5H3,(H,20,22). The molecule has 0 fully saturated rings. The Balaban J connectivity index is 2.80. The van der Waals surface area contributed by atoms with Crippen molar-refractivity contribution < 1.29 is 19.1 Å². The van der Waals surface area contributed by atoms with Crippen LogP contribution in [0.3, 0.4) is 0 Å². The molecule has 0 atom stereocenters. The lowest BCUT2D eigenvalue weighted by Gasteiger charge is -2.23. The van der Waals surface area contributed by atoms with Crippen LogP contribution in [0.2, 0.25) is 0 Å². The number of nitrogens with zero attached hydrogens (tertiary/aromatic N) is 3. The molecule has 0 saturated heterocycles. The normalized spacial score (nSPS) is 11.2. The van der Waals surface area contributed by atoms with E-state index in [1.807, 2.05) is 19.9 Å². The Bertz CT molecular complexity index is 594. The average Bonchev–Trinajstić information content (AvgIpc) is 2.51. The molecule has 0 saturated carbocycles. The second-order valence-corrected chi connectivity index (χ2v) is 6.39. The molecule has 0 aliphatic heterocycles. The minimum atomic E-state index is -0.789. The maximum atomic E-state index is 12.1. The molecule has 25 heavy (non-hydrogen) atoms. The van der Waals surface area contributed by atoms with Crippen molar-refractivity contribution in [2.75, 3.05) is 6.61 Å². The number of hydrogen-bond acceptors (Lipinski definition) is 6. The van der Waals surface area contributed by atoms with Gasteiger partial charge >= 0.3 is 12.2 Å². The van der Waals surface area contributed by atoms with Gasteiger partial charge in [0, 0.05) is 6.20 Å². The smallest absolute Gasteiger partial charge is 0.434 e. The highest BCUT2D eigenvalue weighted by atomic mass is 16.6. The highest BCUT2D eigenvalue weighted by molar-refractivity contribution is 5.86. The molecule has 1 N–H and O–H groups in total. The van der Waals surface area contributed by atoms with Gasteiger partial charge in [0.25, 0.3) is 0 Å². The molecule has 0 aromatic carbocycles. The van der Waals surface area contributed by atoms with E-state index >= 15 is 0 Å². The van der Waals surface area contributed by atoms with Crippen LogP contribution in [0.4, 0.5) is 15.4 Å². The molecule has 1 heterocycles. The third-order valence-corrected chi connectivity index (χ3v) is 2.73. The summed E-state index contributed by atoms with van der Waals surface area (Å²) in [6.45, 7) is 9.30. The zero-order chi connectivity index (χ0) is 18.9. The molecule has 8 heteroatoms. The van der Waals surface area contributed by atoms with Gasteiger partial charge in [-0.3, -0.25) is 0 Å². The van der Waals surface area contributed by atoms with E-state index in [0.29, 0.717) is 5.82 Å². The number of amides is 2. The Morgan fingerprint density at radius 1 is 1.36 bits per heavy atom. The van der Waals surface area contributed by atoms with Crippen LogP contribution in [-0.2, 0) is 9.47 Å². The summed E-state index contributed by atoms with van der Waals surface area (Å²) in [7, 11) is 0. The predicted molar refractivity (Wildman–Crippen MR) is 94.6 cm³/mol. The monoisotopic (exact) mass is 350 g/mol. The average molecular weight is 350 g/mol. The van der Waals surface area contributed by atoms with E-state index < -0.39 is 17.8 Å². The Kier molecular flexibility index (Phi) is 7.84. The first-order valence-corrected chi connectivity index (χ1v) is 8.13. The number of aryl methyl sites for hydroxylation is 1. The topological polar surface area (TPSA) is 93.1 Å². The van der Waals surface area contributed by atoms with E-state index in [1.165, 1.54) is 0 Å².